The zero-order chi connectivity index (χ0) is 16.4. The summed E-state index contributed by atoms with van der Waals surface area (Å²) in [5.41, 5.74) is 3.56. The van der Waals surface area contributed by atoms with Crippen molar-refractivity contribution in [3.63, 3.8) is 0 Å². The van der Waals surface area contributed by atoms with Gasteiger partial charge in [-0.25, -0.2) is 0 Å². The van der Waals surface area contributed by atoms with Gasteiger partial charge in [0.2, 0.25) is 0 Å². The first kappa shape index (κ1) is 18.3. The fraction of sp³-hybridized carbons (Fsp3) is 0.333. The van der Waals surface area contributed by atoms with Crippen molar-refractivity contribution in [2.75, 3.05) is 19.8 Å². The Morgan fingerprint density at radius 2 is 2.23 bits per heavy atom. The van der Waals surface area contributed by atoms with Crippen LogP contribution >= 0.6 is 28.1 Å². The number of rotatable bonds is 7. The van der Waals surface area contributed by atoms with Crippen molar-refractivity contribution in [3.05, 3.63) is 22.2 Å². The monoisotopic (exact) mass is 383 g/mol. The van der Waals surface area contributed by atoms with Gasteiger partial charge < -0.3 is 14.8 Å². The summed E-state index contributed by atoms with van der Waals surface area (Å²) in [6, 6.07) is 3.68. The van der Waals surface area contributed by atoms with E-state index in [2.05, 4.69) is 37.7 Å². The number of benzene rings is 1. The number of halogens is 1. The number of nitrogens with one attached hydrogen (secondary N) is 2. The van der Waals surface area contributed by atoms with Crippen LogP contribution in [0.15, 0.2) is 21.7 Å². The molecule has 0 atom stereocenters. The van der Waals surface area contributed by atoms with Gasteiger partial charge in [0.1, 0.15) is 6.61 Å². The molecule has 5 nitrogen and oxygen atoms in total. The van der Waals surface area contributed by atoms with Crippen LogP contribution in [0.5, 0.6) is 11.5 Å². The maximum Gasteiger partial charge on any atom is 0.186 e. The number of hydrazone groups is 1. The van der Waals surface area contributed by atoms with Crippen LogP contribution in [0, 0.1) is 12.3 Å². The van der Waals surface area contributed by atoms with E-state index in [0.717, 1.165) is 16.6 Å². The molecule has 0 aromatic heterocycles. The molecule has 0 spiro atoms. The van der Waals surface area contributed by atoms with E-state index in [1.807, 2.05) is 26.0 Å². The Morgan fingerprint density at radius 3 is 2.86 bits per heavy atom. The minimum Gasteiger partial charge on any atom is -0.490 e. The minimum atomic E-state index is 0.171. The Morgan fingerprint density at radius 1 is 1.45 bits per heavy atom. The lowest BCUT2D eigenvalue weighted by Gasteiger charge is -2.13. The molecular formula is C15H18BrN3O2S. The summed E-state index contributed by atoms with van der Waals surface area (Å²) in [5, 5.41) is 7.48. The molecule has 0 fully saturated rings. The van der Waals surface area contributed by atoms with Crippen molar-refractivity contribution >= 4 is 39.5 Å². The van der Waals surface area contributed by atoms with Gasteiger partial charge in [-0.05, 0) is 59.7 Å². The van der Waals surface area contributed by atoms with Gasteiger partial charge in [-0.2, -0.15) is 5.10 Å². The van der Waals surface area contributed by atoms with E-state index in [0.29, 0.717) is 23.2 Å². The van der Waals surface area contributed by atoms with Crippen LogP contribution in [0.3, 0.4) is 0 Å². The van der Waals surface area contributed by atoms with Crippen molar-refractivity contribution in [3.8, 4) is 23.8 Å². The number of ether oxygens (including phenoxy) is 2. The molecule has 1 aromatic carbocycles. The fourth-order valence-electron chi connectivity index (χ4n) is 1.54. The van der Waals surface area contributed by atoms with Gasteiger partial charge in [-0.15, -0.1) is 6.42 Å². The maximum atomic E-state index is 5.58. The van der Waals surface area contributed by atoms with E-state index in [4.69, 9.17) is 28.1 Å². The highest BCUT2D eigenvalue weighted by Gasteiger charge is 2.11. The Bertz CT molecular complexity index is 585. The molecule has 1 rings (SSSR count). The molecule has 0 amide bonds. The molecule has 0 aliphatic carbocycles. The average molecular weight is 384 g/mol. The number of nitrogens with zero attached hydrogens (tertiary/aromatic N) is 1. The quantitative estimate of drug-likeness (QED) is 0.328. The van der Waals surface area contributed by atoms with Gasteiger partial charge in [-0.3, -0.25) is 5.43 Å². The molecule has 118 valence electrons. The number of terminal acetylenes is 1. The van der Waals surface area contributed by atoms with Crippen LogP contribution in [0.2, 0.25) is 0 Å². The fourth-order valence-corrected chi connectivity index (χ4v) is 2.32. The first-order chi connectivity index (χ1) is 10.6. The Hall–Kier alpha value is -1.78. The largest absolute Gasteiger partial charge is 0.490 e. The molecule has 0 radical (unpaired) electrons. The van der Waals surface area contributed by atoms with E-state index < -0.39 is 0 Å². The summed E-state index contributed by atoms with van der Waals surface area (Å²) in [6.07, 6.45) is 6.86. The van der Waals surface area contributed by atoms with Crippen LogP contribution in [0.1, 0.15) is 19.4 Å². The molecule has 7 heteroatoms. The molecule has 0 aliphatic heterocycles. The molecule has 0 heterocycles. The van der Waals surface area contributed by atoms with Gasteiger partial charge in [0.25, 0.3) is 0 Å². The van der Waals surface area contributed by atoms with Crippen molar-refractivity contribution in [2.24, 2.45) is 5.10 Å². The molecule has 0 unspecified atom stereocenters. The normalized spacial score (nSPS) is 10.1. The van der Waals surface area contributed by atoms with Gasteiger partial charge >= 0.3 is 0 Å². The lowest BCUT2D eigenvalue weighted by Crippen LogP contribution is -2.31. The van der Waals surface area contributed by atoms with Crippen LogP contribution < -0.4 is 20.2 Å². The molecule has 0 saturated heterocycles. The van der Waals surface area contributed by atoms with Crippen LogP contribution in [-0.2, 0) is 0 Å². The Labute approximate surface area is 144 Å². The molecular weight excluding hydrogens is 366 g/mol. The zero-order valence-electron chi connectivity index (χ0n) is 12.5. The maximum absolute atomic E-state index is 5.58. The highest BCUT2D eigenvalue weighted by molar-refractivity contribution is 9.10. The van der Waals surface area contributed by atoms with Gasteiger partial charge in [-0.1, -0.05) is 5.92 Å². The second-order valence-corrected chi connectivity index (χ2v) is 5.25. The Kier molecular flexibility index (Phi) is 8.33. The summed E-state index contributed by atoms with van der Waals surface area (Å²) < 4.78 is 11.8. The summed E-state index contributed by atoms with van der Waals surface area (Å²) in [7, 11) is 0. The highest BCUT2D eigenvalue weighted by atomic mass is 79.9. The first-order valence-corrected chi connectivity index (χ1v) is 7.92. The second-order valence-electron chi connectivity index (χ2n) is 3.99. The summed E-state index contributed by atoms with van der Waals surface area (Å²) in [6.45, 7) is 5.28. The zero-order valence-corrected chi connectivity index (χ0v) is 14.9. The SMILES string of the molecule is C#CCOc1c(Br)cc(/C=N\NC(=S)NCC)cc1OCC. The molecule has 2 N–H and O–H groups in total. The van der Waals surface area contributed by atoms with E-state index in [-0.39, 0.29) is 6.61 Å². The third-order valence-corrected chi connectivity index (χ3v) is 3.17. The highest BCUT2D eigenvalue weighted by Crippen LogP contribution is 2.36. The van der Waals surface area contributed by atoms with Crippen molar-refractivity contribution < 1.29 is 9.47 Å². The summed E-state index contributed by atoms with van der Waals surface area (Å²) >= 11 is 8.47. The van der Waals surface area contributed by atoms with E-state index in [1.54, 1.807) is 6.21 Å². The standard InChI is InChI=1S/C15H18BrN3O2S/c1-4-7-21-14-12(16)8-11(9-13(14)20-6-3)10-18-19-15(22)17-5-2/h1,8-10H,5-7H2,2-3H3,(H2,17,19,22)/b18-10-. The molecule has 0 saturated carbocycles. The third-order valence-electron chi connectivity index (χ3n) is 2.35. The average Bonchev–Trinajstić information content (AvgIpc) is 2.47. The van der Waals surface area contributed by atoms with E-state index in [9.17, 15) is 0 Å². The van der Waals surface area contributed by atoms with Gasteiger partial charge in [0.15, 0.2) is 16.6 Å². The predicted molar refractivity (Wildman–Crippen MR) is 96.6 cm³/mol. The summed E-state index contributed by atoms with van der Waals surface area (Å²) in [5.74, 6) is 3.61. The summed E-state index contributed by atoms with van der Waals surface area (Å²) in [4.78, 5) is 0. The van der Waals surface area contributed by atoms with Crippen molar-refractivity contribution in [1.82, 2.24) is 10.7 Å². The number of hydrogen-bond donors (Lipinski definition) is 2. The van der Waals surface area contributed by atoms with Gasteiger partial charge in [0, 0.05) is 6.54 Å². The van der Waals surface area contributed by atoms with E-state index >= 15 is 0 Å². The first-order valence-electron chi connectivity index (χ1n) is 6.71. The molecule has 0 aliphatic rings. The topological polar surface area (TPSA) is 54.9 Å². The lowest BCUT2D eigenvalue weighted by atomic mass is 10.2. The van der Waals surface area contributed by atoms with Crippen LogP contribution in [0.25, 0.3) is 0 Å². The van der Waals surface area contributed by atoms with E-state index in [1.165, 1.54) is 0 Å². The second kappa shape index (κ2) is 10.0. The lowest BCUT2D eigenvalue weighted by molar-refractivity contribution is 0.298. The number of thiocarbonyl (C=S) groups is 1. The molecule has 22 heavy (non-hydrogen) atoms. The smallest absolute Gasteiger partial charge is 0.186 e. The van der Waals surface area contributed by atoms with Crippen LogP contribution in [0.4, 0.5) is 0 Å². The van der Waals surface area contributed by atoms with Gasteiger partial charge in [0.05, 0.1) is 17.3 Å². The third kappa shape index (κ3) is 5.92. The van der Waals surface area contributed by atoms with Crippen LogP contribution in [-0.4, -0.2) is 31.1 Å². The predicted octanol–water partition coefficient (Wildman–Crippen LogP) is 2.68. The minimum absolute atomic E-state index is 0.171. The molecule has 1 aromatic rings. The van der Waals surface area contributed by atoms with Crippen molar-refractivity contribution in [2.45, 2.75) is 13.8 Å². The van der Waals surface area contributed by atoms with Crippen molar-refractivity contribution in [1.29, 1.82) is 0 Å². The Balaban J connectivity index is 2.91. The number of hydrogen-bond acceptors (Lipinski definition) is 4. The molecule has 0 bridgehead atoms.